The Hall–Kier alpha value is -2.84. The van der Waals surface area contributed by atoms with Crippen LogP contribution in [0.4, 0.5) is 5.00 Å². The number of rotatable bonds is 11. The Labute approximate surface area is 212 Å². The number of hydrogen-bond donors (Lipinski definition) is 1. The predicted molar refractivity (Wildman–Crippen MR) is 139 cm³/mol. The van der Waals surface area contributed by atoms with Gasteiger partial charge in [-0.05, 0) is 78.5 Å². The Kier molecular flexibility index (Phi) is 9.53. The van der Waals surface area contributed by atoms with Gasteiger partial charge in [0.1, 0.15) is 22.1 Å². The summed E-state index contributed by atoms with van der Waals surface area (Å²) in [7, 11) is 0. The van der Waals surface area contributed by atoms with Crippen LogP contribution < -0.4 is 14.8 Å². The van der Waals surface area contributed by atoms with Crippen molar-refractivity contribution in [1.29, 1.82) is 0 Å². The quantitative estimate of drug-likeness (QED) is 0.210. The van der Waals surface area contributed by atoms with Crippen molar-refractivity contribution < 1.29 is 23.8 Å². The van der Waals surface area contributed by atoms with Gasteiger partial charge < -0.3 is 19.5 Å². The van der Waals surface area contributed by atoms with Crippen LogP contribution in [-0.4, -0.2) is 31.7 Å². The molecule has 180 valence electrons. The average Bonchev–Trinajstić information content (AvgIpc) is 3.22. The molecule has 1 heterocycles. The molecule has 0 saturated carbocycles. The maximum Gasteiger partial charge on any atom is 0.341 e. The summed E-state index contributed by atoms with van der Waals surface area (Å²) < 4.78 is 17.4. The highest BCUT2D eigenvalue weighted by molar-refractivity contribution is 9.10. The summed E-state index contributed by atoms with van der Waals surface area (Å²) in [6.07, 6.45) is 0.806. The number of esters is 1. The highest BCUT2D eigenvalue weighted by atomic mass is 79.9. The Morgan fingerprint density at radius 1 is 1.03 bits per heavy atom. The molecule has 0 atom stereocenters. The van der Waals surface area contributed by atoms with E-state index in [2.05, 4.69) is 21.2 Å². The first kappa shape index (κ1) is 25.8. The molecular weight excluding hydrogens is 518 g/mol. The number of anilines is 1. The van der Waals surface area contributed by atoms with Crippen LogP contribution in [0, 0.1) is 6.92 Å². The lowest BCUT2D eigenvalue weighted by Crippen LogP contribution is -2.15. The Bertz CT molecular complexity index is 1130. The van der Waals surface area contributed by atoms with Crippen LogP contribution in [0.3, 0.4) is 0 Å². The molecule has 0 spiro atoms. The van der Waals surface area contributed by atoms with Crippen LogP contribution in [0.1, 0.15) is 42.6 Å². The number of ether oxygens (including phenoxy) is 3. The molecule has 0 aliphatic heterocycles. The number of thiophene rings is 1. The maximum atomic E-state index is 12.7. The Balaban J connectivity index is 1.65. The van der Waals surface area contributed by atoms with E-state index >= 15 is 0 Å². The highest BCUT2D eigenvalue weighted by Crippen LogP contribution is 2.37. The molecular formula is C26H28BrNO5S. The van der Waals surface area contributed by atoms with Gasteiger partial charge in [0.25, 0.3) is 0 Å². The minimum Gasteiger partial charge on any atom is -0.494 e. The van der Waals surface area contributed by atoms with Gasteiger partial charge in [0.2, 0.25) is 5.91 Å². The molecule has 1 aromatic heterocycles. The van der Waals surface area contributed by atoms with Crippen LogP contribution >= 0.6 is 27.3 Å². The first-order chi connectivity index (χ1) is 16.4. The van der Waals surface area contributed by atoms with Gasteiger partial charge in [-0.25, -0.2) is 4.79 Å². The lowest BCUT2D eigenvalue weighted by Gasteiger charge is -2.10. The van der Waals surface area contributed by atoms with E-state index in [9.17, 15) is 9.59 Å². The molecule has 34 heavy (non-hydrogen) atoms. The molecule has 1 N–H and O–H groups in total. The monoisotopic (exact) mass is 545 g/mol. The Morgan fingerprint density at radius 2 is 1.79 bits per heavy atom. The topological polar surface area (TPSA) is 73.9 Å². The second-order valence-corrected chi connectivity index (χ2v) is 9.20. The molecule has 2 aromatic carbocycles. The zero-order valence-electron chi connectivity index (χ0n) is 19.5. The SMILES string of the molecule is CCOC(=O)c1c(-c2ccc(OCC)cc2)csc1NC(=O)CCCOc1ccc(C)cc1Br. The summed E-state index contributed by atoms with van der Waals surface area (Å²) >= 11 is 4.79. The van der Waals surface area contributed by atoms with Gasteiger partial charge in [-0.2, -0.15) is 0 Å². The molecule has 6 nitrogen and oxygen atoms in total. The van der Waals surface area contributed by atoms with Crippen molar-refractivity contribution in [3.8, 4) is 22.6 Å². The van der Waals surface area contributed by atoms with E-state index in [4.69, 9.17) is 14.2 Å². The number of benzene rings is 2. The summed E-state index contributed by atoms with van der Waals surface area (Å²) in [6, 6.07) is 13.4. The molecule has 0 bridgehead atoms. The summed E-state index contributed by atoms with van der Waals surface area (Å²) in [5, 5.41) is 5.22. The number of aryl methyl sites for hydroxylation is 1. The van der Waals surface area contributed by atoms with E-state index in [0.717, 1.165) is 27.1 Å². The fraction of sp³-hybridized carbons (Fsp3) is 0.308. The average molecular weight is 546 g/mol. The standard InChI is InChI=1S/C26H28BrNO5S/c1-4-31-19-11-9-18(10-12-19)20-16-34-25(24(20)26(30)32-5-2)28-23(29)7-6-14-33-22-13-8-17(3)15-21(22)27/h8-13,15-16H,4-7,14H2,1-3H3,(H,28,29). The number of hydrogen-bond acceptors (Lipinski definition) is 6. The van der Waals surface area contributed by atoms with E-state index in [1.54, 1.807) is 6.92 Å². The summed E-state index contributed by atoms with van der Waals surface area (Å²) in [5.74, 6) is 0.856. The van der Waals surface area contributed by atoms with Crippen LogP contribution in [0.25, 0.3) is 11.1 Å². The first-order valence-electron chi connectivity index (χ1n) is 11.1. The van der Waals surface area contributed by atoms with Crippen molar-refractivity contribution in [2.75, 3.05) is 25.1 Å². The fourth-order valence-electron chi connectivity index (χ4n) is 3.29. The largest absolute Gasteiger partial charge is 0.494 e. The van der Waals surface area contributed by atoms with Crippen molar-refractivity contribution in [2.24, 2.45) is 0 Å². The number of nitrogens with one attached hydrogen (secondary N) is 1. The molecule has 0 saturated heterocycles. The van der Waals surface area contributed by atoms with Crippen LogP contribution in [0.2, 0.25) is 0 Å². The molecule has 0 aliphatic rings. The third-order valence-electron chi connectivity index (χ3n) is 4.89. The molecule has 3 aromatic rings. The minimum atomic E-state index is -0.463. The van der Waals surface area contributed by atoms with E-state index in [1.165, 1.54) is 11.3 Å². The fourth-order valence-corrected chi connectivity index (χ4v) is 4.87. The van der Waals surface area contributed by atoms with Gasteiger partial charge in [0.15, 0.2) is 0 Å². The third-order valence-corrected chi connectivity index (χ3v) is 6.41. The molecule has 1 amide bonds. The number of amides is 1. The van der Waals surface area contributed by atoms with Crippen molar-refractivity contribution in [1.82, 2.24) is 0 Å². The van der Waals surface area contributed by atoms with Gasteiger partial charge >= 0.3 is 5.97 Å². The van der Waals surface area contributed by atoms with Gasteiger partial charge in [-0.1, -0.05) is 18.2 Å². The highest BCUT2D eigenvalue weighted by Gasteiger charge is 2.22. The lowest BCUT2D eigenvalue weighted by atomic mass is 10.0. The van der Waals surface area contributed by atoms with Crippen LogP contribution in [0.15, 0.2) is 52.3 Å². The zero-order chi connectivity index (χ0) is 24.5. The zero-order valence-corrected chi connectivity index (χ0v) is 21.9. The van der Waals surface area contributed by atoms with E-state index in [1.807, 2.05) is 61.7 Å². The second-order valence-electron chi connectivity index (χ2n) is 7.47. The third kappa shape index (κ3) is 6.84. The number of halogens is 1. The first-order valence-corrected chi connectivity index (χ1v) is 12.8. The summed E-state index contributed by atoms with van der Waals surface area (Å²) in [5.41, 5.74) is 3.07. The van der Waals surface area contributed by atoms with Crippen molar-refractivity contribution in [3.05, 3.63) is 63.4 Å². The normalized spacial score (nSPS) is 10.6. The van der Waals surface area contributed by atoms with Crippen molar-refractivity contribution in [2.45, 2.75) is 33.6 Å². The molecule has 0 aliphatic carbocycles. The molecule has 0 fully saturated rings. The van der Waals surface area contributed by atoms with Crippen molar-refractivity contribution in [3.63, 3.8) is 0 Å². The molecule has 0 radical (unpaired) electrons. The van der Waals surface area contributed by atoms with E-state index in [-0.39, 0.29) is 18.9 Å². The van der Waals surface area contributed by atoms with Gasteiger partial charge in [-0.15, -0.1) is 11.3 Å². The van der Waals surface area contributed by atoms with E-state index < -0.39 is 5.97 Å². The lowest BCUT2D eigenvalue weighted by molar-refractivity contribution is -0.116. The van der Waals surface area contributed by atoms with Crippen LogP contribution in [0.5, 0.6) is 11.5 Å². The smallest absolute Gasteiger partial charge is 0.341 e. The number of carbonyl (C=O) groups excluding carboxylic acids is 2. The van der Waals surface area contributed by atoms with E-state index in [0.29, 0.717) is 35.8 Å². The predicted octanol–water partition coefficient (Wildman–Crippen LogP) is 6.86. The van der Waals surface area contributed by atoms with Gasteiger partial charge in [-0.3, -0.25) is 4.79 Å². The molecule has 0 unspecified atom stereocenters. The molecule has 8 heteroatoms. The summed E-state index contributed by atoms with van der Waals surface area (Å²) in [4.78, 5) is 25.3. The second kappa shape index (κ2) is 12.6. The van der Waals surface area contributed by atoms with Gasteiger partial charge in [0, 0.05) is 17.4 Å². The Morgan fingerprint density at radius 3 is 2.47 bits per heavy atom. The molecule has 3 rings (SSSR count). The van der Waals surface area contributed by atoms with Crippen LogP contribution in [-0.2, 0) is 9.53 Å². The summed E-state index contributed by atoms with van der Waals surface area (Å²) in [6.45, 7) is 6.92. The minimum absolute atomic E-state index is 0.183. The number of carbonyl (C=O) groups is 2. The maximum absolute atomic E-state index is 12.7. The van der Waals surface area contributed by atoms with Crippen molar-refractivity contribution >= 4 is 44.1 Å². The van der Waals surface area contributed by atoms with Gasteiger partial charge in [0.05, 0.1) is 24.3 Å².